The fraction of sp³-hybridized carbons (Fsp3) is 1.00. The third-order valence-corrected chi connectivity index (χ3v) is 4.28. The first-order chi connectivity index (χ1) is 6.72. The first-order valence-electron chi connectivity index (χ1n) is 5.62. The summed E-state index contributed by atoms with van der Waals surface area (Å²) in [5.74, 6) is 0. The van der Waals surface area contributed by atoms with Gasteiger partial charge in [0, 0.05) is 25.0 Å². The molecule has 0 radical (unpaired) electrons. The van der Waals surface area contributed by atoms with Crippen LogP contribution in [-0.2, 0) is 4.74 Å². The molecule has 0 bridgehead atoms. The first kappa shape index (κ1) is 10.9. The van der Waals surface area contributed by atoms with Gasteiger partial charge in [-0.1, -0.05) is 29.3 Å². The molecule has 1 saturated carbocycles. The highest BCUT2D eigenvalue weighted by atomic mass is 79.9. The number of alkyl halides is 1. The zero-order valence-corrected chi connectivity index (χ0v) is 10.6. The molecule has 14 heavy (non-hydrogen) atoms. The molecular formula is C11H20BrNO. The van der Waals surface area contributed by atoms with Gasteiger partial charge in [-0.25, -0.2) is 0 Å². The van der Waals surface area contributed by atoms with Gasteiger partial charge in [-0.2, -0.15) is 0 Å². The molecule has 0 aromatic carbocycles. The van der Waals surface area contributed by atoms with E-state index in [2.05, 4.69) is 27.8 Å². The topological polar surface area (TPSA) is 12.5 Å². The van der Waals surface area contributed by atoms with Crippen molar-refractivity contribution in [2.45, 2.75) is 32.3 Å². The van der Waals surface area contributed by atoms with E-state index >= 15 is 0 Å². The van der Waals surface area contributed by atoms with Crippen LogP contribution in [0.4, 0.5) is 0 Å². The van der Waals surface area contributed by atoms with Crippen molar-refractivity contribution in [1.82, 2.24) is 4.90 Å². The van der Waals surface area contributed by atoms with E-state index in [-0.39, 0.29) is 0 Å². The molecule has 0 aromatic rings. The summed E-state index contributed by atoms with van der Waals surface area (Å²) in [6, 6.07) is 0. The van der Waals surface area contributed by atoms with Crippen molar-refractivity contribution in [3.05, 3.63) is 0 Å². The molecule has 1 atom stereocenters. The van der Waals surface area contributed by atoms with Crippen molar-refractivity contribution in [3.63, 3.8) is 0 Å². The Labute approximate surface area is 95.1 Å². The quantitative estimate of drug-likeness (QED) is 0.723. The van der Waals surface area contributed by atoms with Crippen LogP contribution in [0.1, 0.15) is 26.2 Å². The van der Waals surface area contributed by atoms with Crippen molar-refractivity contribution in [2.75, 3.05) is 31.6 Å². The van der Waals surface area contributed by atoms with E-state index in [0.717, 1.165) is 25.0 Å². The molecule has 2 nitrogen and oxygen atoms in total. The number of hydrogen-bond acceptors (Lipinski definition) is 2. The highest BCUT2D eigenvalue weighted by Gasteiger charge is 2.34. The zero-order chi connectivity index (χ0) is 10.0. The minimum absolute atomic E-state index is 0.410. The van der Waals surface area contributed by atoms with Crippen LogP contribution in [-0.4, -0.2) is 42.6 Å². The molecule has 3 heteroatoms. The molecule has 1 heterocycles. The molecule has 1 aliphatic carbocycles. The summed E-state index contributed by atoms with van der Waals surface area (Å²) in [6.07, 6.45) is 4.68. The van der Waals surface area contributed by atoms with Gasteiger partial charge >= 0.3 is 0 Å². The van der Waals surface area contributed by atoms with Crippen LogP contribution in [0.5, 0.6) is 0 Å². The summed E-state index contributed by atoms with van der Waals surface area (Å²) in [5, 5.41) is 0.972. The number of hydrogen-bond donors (Lipinski definition) is 0. The van der Waals surface area contributed by atoms with E-state index in [4.69, 9.17) is 4.74 Å². The van der Waals surface area contributed by atoms with E-state index in [1.54, 1.807) is 0 Å². The van der Waals surface area contributed by atoms with Crippen molar-refractivity contribution < 1.29 is 4.74 Å². The molecule has 0 amide bonds. The molecular weight excluding hydrogens is 242 g/mol. The molecule has 82 valence electrons. The van der Waals surface area contributed by atoms with Gasteiger partial charge in [-0.05, 0) is 18.3 Å². The average Bonchev–Trinajstić information content (AvgIpc) is 2.16. The normalized spacial score (nSPS) is 32.6. The van der Waals surface area contributed by atoms with Crippen molar-refractivity contribution in [1.29, 1.82) is 0 Å². The highest BCUT2D eigenvalue weighted by Crippen LogP contribution is 2.41. The Morgan fingerprint density at radius 2 is 2.29 bits per heavy atom. The van der Waals surface area contributed by atoms with Crippen LogP contribution in [0.2, 0.25) is 0 Å². The summed E-state index contributed by atoms with van der Waals surface area (Å²) >= 11 is 3.50. The van der Waals surface area contributed by atoms with Crippen molar-refractivity contribution in [2.24, 2.45) is 5.41 Å². The van der Waals surface area contributed by atoms with E-state index < -0.39 is 0 Å². The van der Waals surface area contributed by atoms with Crippen LogP contribution >= 0.6 is 15.9 Å². The maximum Gasteiger partial charge on any atom is 0.0799 e. The Morgan fingerprint density at radius 1 is 1.50 bits per heavy atom. The fourth-order valence-corrected chi connectivity index (χ4v) is 2.89. The number of rotatable bonds is 3. The second-order valence-electron chi connectivity index (χ2n) is 5.05. The first-order valence-corrected chi connectivity index (χ1v) is 6.74. The maximum atomic E-state index is 5.63. The lowest BCUT2D eigenvalue weighted by atomic mass is 9.70. The second kappa shape index (κ2) is 4.50. The van der Waals surface area contributed by atoms with Gasteiger partial charge in [-0.3, -0.25) is 4.90 Å². The van der Waals surface area contributed by atoms with Gasteiger partial charge in [0.25, 0.3) is 0 Å². The molecule has 0 N–H and O–H groups in total. The minimum atomic E-state index is 0.410. The Kier molecular flexibility index (Phi) is 3.50. The molecule has 0 aromatic heterocycles. The van der Waals surface area contributed by atoms with Gasteiger partial charge in [0.05, 0.1) is 12.7 Å². The molecule has 1 saturated heterocycles. The summed E-state index contributed by atoms with van der Waals surface area (Å²) in [5.41, 5.74) is 0.619. The molecule has 0 spiro atoms. The average molecular weight is 262 g/mol. The summed E-state index contributed by atoms with van der Waals surface area (Å²) in [6.45, 7) is 6.85. The Balaban J connectivity index is 1.79. The lowest BCUT2D eigenvalue weighted by Crippen LogP contribution is -2.48. The molecule has 2 rings (SSSR count). The van der Waals surface area contributed by atoms with Crippen LogP contribution < -0.4 is 0 Å². The zero-order valence-electron chi connectivity index (χ0n) is 8.97. The number of nitrogens with zero attached hydrogens (tertiary/aromatic N) is 1. The summed E-state index contributed by atoms with van der Waals surface area (Å²) in [4.78, 5) is 2.58. The van der Waals surface area contributed by atoms with Crippen LogP contribution in [0, 0.1) is 5.41 Å². The van der Waals surface area contributed by atoms with Crippen LogP contribution in [0.25, 0.3) is 0 Å². The largest absolute Gasteiger partial charge is 0.375 e. The molecule has 1 aliphatic heterocycles. The highest BCUT2D eigenvalue weighted by molar-refractivity contribution is 9.09. The van der Waals surface area contributed by atoms with E-state index in [1.807, 2.05) is 0 Å². The van der Waals surface area contributed by atoms with Gasteiger partial charge < -0.3 is 4.74 Å². The Bertz CT molecular complexity index is 194. The standard InChI is InChI=1S/C11H20BrNO/c1-11(3-2-4-11)9-13-5-6-14-10(7-12)8-13/h10H,2-9H2,1H3. The smallest absolute Gasteiger partial charge is 0.0799 e. The Hall–Kier alpha value is 0.400. The Morgan fingerprint density at radius 3 is 2.86 bits per heavy atom. The monoisotopic (exact) mass is 261 g/mol. The molecule has 2 fully saturated rings. The van der Waals surface area contributed by atoms with E-state index in [0.29, 0.717) is 11.5 Å². The minimum Gasteiger partial charge on any atom is -0.375 e. The predicted molar refractivity (Wildman–Crippen MR) is 61.9 cm³/mol. The SMILES string of the molecule is CC1(CN2CCOC(CBr)C2)CCC1. The second-order valence-corrected chi connectivity index (χ2v) is 5.69. The lowest BCUT2D eigenvalue weighted by Gasteiger charge is -2.44. The summed E-state index contributed by atoms with van der Waals surface area (Å²) < 4.78 is 5.63. The van der Waals surface area contributed by atoms with Gasteiger partial charge in [0.2, 0.25) is 0 Å². The molecule has 2 aliphatic rings. The third-order valence-electron chi connectivity index (χ3n) is 3.56. The van der Waals surface area contributed by atoms with E-state index in [1.165, 1.54) is 25.8 Å². The van der Waals surface area contributed by atoms with Crippen LogP contribution in [0.15, 0.2) is 0 Å². The number of morpholine rings is 1. The summed E-state index contributed by atoms with van der Waals surface area (Å²) in [7, 11) is 0. The number of ether oxygens (including phenoxy) is 1. The lowest BCUT2D eigenvalue weighted by molar-refractivity contribution is -0.0379. The fourth-order valence-electron chi connectivity index (χ4n) is 2.50. The van der Waals surface area contributed by atoms with Crippen molar-refractivity contribution >= 4 is 15.9 Å². The van der Waals surface area contributed by atoms with Gasteiger partial charge in [0.15, 0.2) is 0 Å². The molecule has 1 unspecified atom stereocenters. The predicted octanol–water partition coefficient (Wildman–Crippen LogP) is 2.27. The van der Waals surface area contributed by atoms with Crippen molar-refractivity contribution in [3.8, 4) is 0 Å². The van der Waals surface area contributed by atoms with Gasteiger partial charge in [0.1, 0.15) is 0 Å². The third kappa shape index (κ3) is 2.50. The van der Waals surface area contributed by atoms with E-state index in [9.17, 15) is 0 Å². The van der Waals surface area contributed by atoms with Gasteiger partial charge in [-0.15, -0.1) is 0 Å². The number of halogens is 1. The maximum absolute atomic E-state index is 5.63. The van der Waals surface area contributed by atoms with Crippen LogP contribution in [0.3, 0.4) is 0 Å².